The maximum atomic E-state index is 12.7. The van der Waals surface area contributed by atoms with Gasteiger partial charge in [-0.2, -0.15) is 17.5 Å². The van der Waals surface area contributed by atoms with Crippen LogP contribution in [0, 0.1) is 0 Å². The molecule has 0 amide bonds. The smallest absolute Gasteiger partial charge is 0.380 e. The van der Waals surface area contributed by atoms with Crippen molar-refractivity contribution in [1.29, 1.82) is 0 Å². The van der Waals surface area contributed by atoms with Crippen molar-refractivity contribution in [2.75, 3.05) is 13.1 Å². The van der Waals surface area contributed by atoms with Crippen molar-refractivity contribution >= 4 is 21.6 Å². The standard InChI is InChI=1S/C12H13ClF3NO3S/c13-9-1-3-10(4-2-9)21(19,20)17-7-5-11(18,6-8-17)12(14,15)16/h1-4,18H,5-8H2. The van der Waals surface area contributed by atoms with Crippen molar-refractivity contribution < 1.29 is 26.7 Å². The highest BCUT2D eigenvalue weighted by Gasteiger charge is 2.55. The van der Waals surface area contributed by atoms with Gasteiger partial charge < -0.3 is 5.11 Å². The van der Waals surface area contributed by atoms with E-state index in [9.17, 15) is 26.7 Å². The van der Waals surface area contributed by atoms with E-state index in [1.807, 2.05) is 0 Å². The highest BCUT2D eigenvalue weighted by molar-refractivity contribution is 7.89. The SMILES string of the molecule is O=S(=O)(c1ccc(Cl)cc1)N1CCC(O)(C(F)(F)F)CC1. The molecule has 1 fully saturated rings. The number of nitrogens with zero attached hydrogens (tertiary/aromatic N) is 1. The van der Waals surface area contributed by atoms with Crippen LogP contribution in [0.15, 0.2) is 29.2 Å². The molecule has 0 aromatic heterocycles. The second-order valence-corrected chi connectivity index (χ2v) is 7.26. The van der Waals surface area contributed by atoms with Crippen LogP contribution in [0.2, 0.25) is 5.02 Å². The molecule has 1 aromatic rings. The van der Waals surface area contributed by atoms with Gasteiger partial charge in [-0.05, 0) is 37.1 Å². The summed E-state index contributed by atoms with van der Waals surface area (Å²) in [5.74, 6) is 0. The van der Waals surface area contributed by atoms with Crippen LogP contribution in [0.25, 0.3) is 0 Å². The third kappa shape index (κ3) is 3.18. The Morgan fingerprint density at radius 1 is 1.14 bits per heavy atom. The molecule has 0 bridgehead atoms. The van der Waals surface area contributed by atoms with E-state index >= 15 is 0 Å². The predicted molar refractivity (Wildman–Crippen MR) is 70.4 cm³/mol. The maximum absolute atomic E-state index is 12.7. The quantitative estimate of drug-likeness (QED) is 0.897. The van der Waals surface area contributed by atoms with Gasteiger partial charge in [-0.25, -0.2) is 8.42 Å². The van der Waals surface area contributed by atoms with Gasteiger partial charge in [0.15, 0.2) is 5.60 Å². The molecular weight excluding hydrogens is 331 g/mol. The Balaban J connectivity index is 2.17. The first-order valence-corrected chi connectivity index (χ1v) is 7.93. The lowest BCUT2D eigenvalue weighted by Gasteiger charge is -2.38. The van der Waals surface area contributed by atoms with E-state index in [4.69, 9.17) is 11.6 Å². The van der Waals surface area contributed by atoms with E-state index in [1.165, 1.54) is 24.3 Å². The molecule has 0 radical (unpaired) electrons. The zero-order valence-electron chi connectivity index (χ0n) is 10.8. The van der Waals surface area contributed by atoms with E-state index in [-0.39, 0.29) is 18.0 Å². The molecule has 4 nitrogen and oxygen atoms in total. The molecule has 1 aromatic carbocycles. The minimum absolute atomic E-state index is 0.0376. The van der Waals surface area contributed by atoms with Crippen molar-refractivity contribution in [1.82, 2.24) is 4.31 Å². The van der Waals surface area contributed by atoms with Gasteiger partial charge in [0.2, 0.25) is 10.0 Å². The van der Waals surface area contributed by atoms with Gasteiger partial charge in [-0.1, -0.05) is 11.6 Å². The molecule has 0 atom stereocenters. The molecule has 0 saturated carbocycles. The van der Waals surface area contributed by atoms with Crippen LogP contribution in [0.3, 0.4) is 0 Å². The van der Waals surface area contributed by atoms with Crippen LogP contribution in [0.1, 0.15) is 12.8 Å². The molecule has 2 rings (SSSR count). The maximum Gasteiger partial charge on any atom is 0.417 e. The Labute approximate surface area is 125 Å². The van der Waals surface area contributed by atoms with E-state index < -0.39 is 34.6 Å². The third-order valence-corrected chi connectivity index (χ3v) is 5.69. The van der Waals surface area contributed by atoms with Gasteiger partial charge in [0, 0.05) is 18.1 Å². The van der Waals surface area contributed by atoms with Crippen LogP contribution in [-0.2, 0) is 10.0 Å². The van der Waals surface area contributed by atoms with E-state index in [1.54, 1.807) is 0 Å². The number of hydrogen-bond donors (Lipinski definition) is 1. The Hall–Kier alpha value is -0.830. The Morgan fingerprint density at radius 3 is 2.05 bits per heavy atom. The Morgan fingerprint density at radius 2 is 1.62 bits per heavy atom. The van der Waals surface area contributed by atoms with Crippen LogP contribution in [0.5, 0.6) is 0 Å². The lowest BCUT2D eigenvalue weighted by atomic mass is 9.92. The number of alkyl halides is 3. The second-order valence-electron chi connectivity index (χ2n) is 4.89. The molecular formula is C12H13ClF3NO3S. The van der Waals surface area contributed by atoms with Gasteiger partial charge in [0.25, 0.3) is 0 Å². The molecule has 1 saturated heterocycles. The summed E-state index contributed by atoms with van der Waals surface area (Å²) in [7, 11) is -3.88. The first kappa shape index (κ1) is 16.5. The van der Waals surface area contributed by atoms with Crippen LogP contribution in [-0.4, -0.2) is 42.7 Å². The molecule has 9 heteroatoms. The summed E-state index contributed by atoms with van der Waals surface area (Å²) in [6, 6.07) is 5.37. The lowest BCUT2D eigenvalue weighted by molar-refractivity contribution is -0.270. The van der Waals surface area contributed by atoms with E-state index in [0.29, 0.717) is 5.02 Å². The normalized spacial score (nSPS) is 20.4. The number of benzene rings is 1. The molecule has 1 aliphatic rings. The van der Waals surface area contributed by atoms with Crippen molar-refractivity contribution in [2.45, 2.75) is 29.5 Å². The van der Waals surface area contributed by atoms with Gasteiger partial charge in [-0.3, -0.25) is 0 Å². The molecule has 0 spiro atoms. The Kier molecular flexibility index (Phi) is 4.27. The molecule has 1 N–H and O–H groups in total. The zero-order chi connectivity index (χ0) is 15.9. The van der Waals surface area contributed by atoms with Gasteiger partial charge >= 0.3 is 6.18 Å². The topological polar surface area (TPSA) is 57.6 Å². The van der Waals surface area contributed by atoms with Gasteiger partial charge in [-0.15, -0.1) is 0 Å². The molecule has 1 aliphatic heterocycles. The number of halogens is 4. The molecule has 0 aliphatic carbocycles. The van der Waals surface area contributed by atoms with E-state index in [0.717, 1.165) is 4.31 Å². The number of sulfonamides is 1. The summed E-state index contributed by atoms with van der Waals surface area (Å²) in [6.07, 6.45) is -6.12. The average Bonchev–Trinajstić information content (AvgIpc) is 2.38. The van der Waals surface area contributed by atoms with Crippen LogP contribution < -0.4 is 0 Å². The molecule has 1 heterocycles. The first-order chi connectivity index (χ1) is 9.56. The summed E-state index contributed by atoms with van der Waals surface area (Å²) in [5, 5.41) is 9.89. The molecule has 118 valence electrons. The second kappa shape index (κ2) is 5.42. The predicted octanol–water partition coefficient (Wildman–Crippen LogP) is 2.42. The minimum atomic E-state index is -4.76. The number of rotatable bonds is 2. The summed E-state index contributed by atoms with van der Waals surface area (Å²) >= 11 is 5.67. The summed E-state index contributed by atoms with van der Waals surface area (Å²) in [4.78, 5) is -0.0376. The van der Waals surface area contributed by atoms with Crippen LogP contribution in [0.4, 0.5) is 13.2 Å². The highest BCUT2D eigenvalue weighted by Crippen LogP contribution is 2.39. The average molecular weight is 344 g/mol. The minimum Gasteiger partial charge on any atom is -0.380 e. The summed E-state index contributed by atoms with van der Waals surface area (Å²) < 4.78 is 63.6. The zero-order valence-corrected chi connectivity index (χ0v) is 12.3. The summed E-state index contributed by atoms with van der Waals surface area (Å²) in [5.41, 5.74) is -2.82. The largest absolute Gasteiger partial charge is 0.417 e. The van der Waals surface area contributed by atoms with Gasteiger partial charge in [0.1, 0.15) is 0 Å². The van der Waals surface area contributed by atoms with Crippen LogP contribution >= 0.6 is 11.6 Å². The number of hydrogen-bond acceptors (Lipinski definition) is 3. The van der Waals surface area contributed by atoms with Gasteiger partial charge in [0.05, 0.1) is 4.90 Å². The third-order valence-electron chi connectivity index (χ3n) is 3.53. The van der Waals surface area contributed by atoms with Crippen molar-refractivity contribution in [3.05, 3.63) is 29.3 Å². The summed E-state index contributed by atoms with van der Waals surface area (Å²) in [6.45, 7) is -0.776. The fourth-order valence-corrected chi connectivity index (χ4v) is 3.70. The lowest BCUT2D eigenvalue weighted by Crippen LogP contribution is -2.54. The molecule has 21 heavy (non-hydrogen) atoms. The highest BCUT2D eigenvalue weighted by atomic mass is 35.5. The van der Waals surface area contributed by atoms with Crippen molar-refractivity contribution in [3.8, 4) is 0 Å². The van der Waals surface area contributed by atoms with Crippen molar-refractivity contribution in [2.24, 2.45) is 0 Å². The first-order valence-electron chi connectivity index (χ1n) is 6.11. The fraction of sp³-hybridized carbons (Fsp3) is 0.500. The van der Waals surface area contributed by atoms with Crippen molar-refractivity contribution in [3.63, 3.8) is 0 Å². The van der Waals surface area contributed by atoms with E-state index in [2.05, 4.69) is 0 Å². The fourth-order valence-electron chi connectivity index (χ4n) is 2.14. The molecule has 0 unspecified atom stereocenters. The monoisotopic (exact) mass is 343 g/mol. The number of aliphatic hydroxyl groups is 1. The number of piperidine rings is 1. The Bertz CT molecular complexity index is 608.